The van der Waals surface area contributed by atoms with Crippen molar-refractivity contribution in [3.05, 3.63) is 0 Å². The van der Waals surface area contributed by atoms with Crippen molar-refractivity contribution in [2.24, 2.45) is 0 Å². The van der Waals surface area contributed by atoms with Gasteiger partial charge >= 0.3 is 5.97 Å². The second-order valence-electron chi connectivity index (χ2n) is 4.90. The van der Waals surface area contributed by atoms with Crippen molar-refractivity contribution in [3.8, 4) is 0 Å². The summed E-state index contributed by atoms with van der Waals surface area (Å²) in [6, 6.07) is -0.515. The highest BCUT2D eigenvalue weighted by molar-refractivity contribution is 5.78. The molecular formula is C13H22N6O2. The molecule has 0 aliphatic carbocycles. The molecule has 0 saturated carbocycles. The zero-order chi connectivity index (χ0) is 15.2. The number of nitrogens with zero attached hydrogens (tertiary/aromatic N) is 4. The normalized spacial score (nSPS) is 15.7. The van der Waals surface area contributed by atoms with Gasteiger partial charge in [0.2, 0.25) is 17.8 Å². The Kier molecular flexibility index (Phi) is 5.13. The highest BCUT2D eigenvalue weighted by atomic mass is 16.5. The maximum Gasteiger partial charge on any atom is 0.328 e. The second kappa shape index (κ2) is 7.05. The van der Waals surface area contributed by atoms with Gasteiger partial charge in [-0.1, -0.05) is 0 Å². The third-order valence-corrected chi connectivity index (χ3v) is 3.25. The summed E-state index contributed by atoms with van der Waals surface area (Å²) >= 11 is 0. The number of methoxy groups -OCH3 is 1. The number of anilines is 3. The van der Waals surface area contributed by atoms with E-state index in [9.17, 15) is 4.79 Å². The van der Waals surface area contributed by atoms with Gasteiger partial charge in [-0.15, -0.1) is 0 Å². The molecule has 1 fully saturated rings. The predicted molar refractivity (Wildman–Crippen MR) is 80.5 cm³/mol. The molecule has 21 heavy (non-hydrogen) atoms. The lowest BCUT2D eigenvalue weighted by atomic mass is 10.3. The molecule has 1 aliphatic heterocycles. The highest BCUT2D eigenvalue weighted by Crippen LogP contribution is 2.18. The fourth-order valence-corrected chi connectivity index (χ4v) is 2.15. The molecule has 0 spiro atoms. The third kappa shape index (κ3) is 3.93. The van der Waals surface area contributed by atoms with Gasteiger partial charge in [0, 0.05) is 19.6 Å². The Hall–Kier alpha value is -2.12. The first-order chi connectivity index (χ1) is 10.1. The number of nitrogens with one attached hydrogen (secondary N) is 2. The Morgan fingerprint density at radius 3 is 2.57 bits per heavy atom. The van der Waals surface area contributed by atoms with Crippen molar-refractivity contribution in [1.82, 2.24) is 15.0 Å². The van der Waals surface area contributed by atoms with Crippen LogP contribution < -0.4 is 15.5 Å². The maximum absolute atomic E-state index is 11.5. The van der Waals surface area contributed by atoms with E-state index in [-0.39, 0.29) is 5.97 Å². The molecule has 116 valence electrons. The van der Waals surface area contributed by atoms with E-state index in [1.165, 1.54) is 7.11 Å². The topological polar surface area (TPSA) is 92.3 Å². The van der Waals surface area contributed by atoms with Gasteiger partial charge in [-0.25, -0.2) is 4.79 Å². The first-order valence-electron chi connectivity index (χ1n) is 7.23. The lowest BCUT2D eigenvalue weighted by Crippen LogP contribution is -2.29. The lowest BCUT2D eigenvalue weighted by Gasteiger charge is -2.18. The van der Waals surface area contributed by atoms with Gasteiger partial charge in [0.05, 0.1) is 7.11 Å². The summed E-state index contributed by atoms with van der Waals surface area (Å²) < 4.78 is 4.69. The van der Waals surface area contributed by atoms with Crippen molar-refractivity contribution < 1.29 is 9.53 Å². The molecule has 0 aromatic carbocycles. The number of carbonyl (C=O) groups is 1. The lowest BCUT2D eigenvalue weighted by molar-refractivity contribution is -0.141. The number of ether oxygens (including phenoxy) is 1. The molecule has 2 N–H and O–H groups in total. The Bertz CT molecular complexity index is 490. The van der Waals surface area contributed by atoms with Gasteiger partial charge in [0.15, 0.2) is 0 Å². The van der Waals surface area contributed by atoms with Crippen LogP contribution in [0, 0.1) is 0 Å². The number of aromatic nitrogens is 3. The fraction of sp³-hybridized carbons (Fsp3) is 0.692. The first kappa shape index (κ1) is 15.3. The Labute approximate surface area is 124 Å². The van der Waals surface area contributed by atoms with Crippen LogP contribution in [0.15, 0.2) is 0 Å². The second-order valence-corrected chi connectivity index (χ2v) is 4.90. The van der Waals surface area contributed by atoms with Crippen molar-refractivity contribution in [1.29, 1.82) is 0 Å². The molecule has 1 aliphatic rings. The van der Waals surface area contributed by atoms with E-state index in [0.29, 0.717) is 17.8 Å². The van der Waals surface area contributed by atoms with E-state index >= 15 is 0 Å². The molecule has 8 nitrogen and oxygen atoms in total. The van der Waals surface area contributed by atoms with Gasteiger partial charge in [0.1, 0.15) is 6.04 Å². The van der Waals surface area contributed by atoms with Crippen molar-refractivity contribution in [3.63, 3.8) is 0 Å². The summed E-state index contributed by atoms with van der Waals surface area (Å²) in [5.74, 6) is 1.16. The van der Waals surface area contributed by atoms with Crippen LogP contribution in [-0.4, -0.2) is 53.7 Å². The smallest absolute Gasteiger partial charge is 0.328 e. The molecule has 1 unspecified atom stereocenters. The Balaban J connectivity index is 2.20. The standard InChI is InChI=1S/C13H22N6O2/c1-4-14-11-16-12(15-9(2)10(20)21-3)18-13(17-11)19-7-5-6-8-19/h9H,4-8H2,1-3H3,(H2,14,15,16,17,18). The van der Waals surface area contributed by atoms with Gasteiger partial charge in [-0.05, 0) is 26.7 Å². The summed E-state index contributed by atoms with van der Waals surface area (Å²) in [4.78, 5) is 26.7. The minimum Gasteiger partial charge on any atom is -0.467 e. The van der Waals surface area contributed by atoms with Crippen LogP contribution in [0.1, 0.15) is 26.7 Å². The van der Waals surface area contributed by atoms with Crippen molar-refractivity contribution in [2.45, 2.75) is 32.7 Å². The van der Waals surface area contributed by atoms with Gasteiger partial charge in [-0.3, -0.25) is 0 Å². The molecule has 0 bridgehead atoms. The highest BCUT2D eigenvalue weighted by Gasteiger charge is 2.19. The average Bonchev–Trinajstić information content (AvgIpc) is 3.00. The van der Waals surface area contributed by atoms with Gasteiger partial charge < -0.3 is 20.3 Å². The van der Waals surface area contributed by atoms with Crippen molar-refractivity contribution >= 4 is 23.8 Å². The number of hydrogen-bond acceptors (Lipinski definition) is 8. The van der Waals surface area contributed by atoms with E-state index in [1.54, 1.807) is 6.92 Å². The van der Waals surface area contributed by atoms with E-state index in [1.807, 2.05) is 6.92 Å². The van der Waals surface area contributed by atoms with Crippen LogP contribution in [0.5, 0.6) is 0 Å². The van der Waals surface area contributed by atoms with Crippen LogP contribution in [-0.2, 0) is 9.53 Å². The Morgan fingerprint density at radius 2 is 1.95 bits per heavy atom. The molecule has 1 atom stereocenters. The summed E-state index contributed by atoms with van der Waals surface area (Å²) in [5.41, 5.74) is 0. The van der Waals surface area contributed by atoms with E-state index in [0.717, 1.165) is 32.5 Å². The largest absolute Gasteiger partial charge is 0.467 e. The summed E-state index contributed by atoms with van der Waals surface area (Å²) in [5, 5.41) is 6.03. The summed E-state index contributed by atoms with van der Waals surface area (Å²) in [7, 11) is 1.35. The van der Waals surface area contributed by atoms with Gasteiger partial charge in [-0.2, -0.15) is 15.0 Å². The minimum absolute atomic E-state index is 0.358. The SMILES string of the molecule is CCNc1nc(NC(C)C(=O)OC)nc(N2CCCC2)n1. The summed E-state index contributed by atoms with van der Waals surface area (Å²) in [6.45, 7) is 6.29. The molecular weight excluding hydrogens is 272 g/mol. The van der Waals surface area contributed by atoms with E-state index in [2.05, 4.69) is 30.5 Å². The molecule has 1 saturated heterocycles. The zero-order valence-corrected chi connectivity index (χ0v) is 12.7. The predicted octanol–water partition coefficient (Wildman–Crippen LogP) is 0.877. The van der Waals surface area contributed by atoms with E-state index < -0.39 is 6.04 Å². The molecule has 2 rings (SSSR count). The molecule has 8 heteroatoms. The molecule has 1 aromatic rings. The van der Waals surface area contributed by atoms with Crippen LogP contribution in [0.3, 0.4) is 0 Å². The maximum atomic E-state index is 11.5. The van der Waals surface area contributed by atoms with E-state index in [4.69, 9.17) is 4.74 Å². The first-order valence-corrected chi connectivity index (χ1v) is 7.23. The molecule has 2 heterocycles. The quantitative estimate of drug-likeness (QED) is 0.747. The van der Waals surface area contributed by atoms with Crippen LogP contribution in [0.4, 0.5) is 17.8 Å². The van der Waals surface area contributed by atoms with Crippen LogP contribution >= 0.6 is 0 Å². The molecule has 1 aromatic heterocycles. The van der Waals surface area contributed by atoms with Gasteiger partial charge in [0.25, 0.3) is 0 Å². The molecule has 0 amide bonds. The monoisotopic (exact) mass is 294 g/mol. The average molecular weight is 294 g/mol. The number of rotatable bonds is 6. The van der Waals surface area contributed by atoms with Crippen molar-refractivity contribution in [2.75, 3.05) is 42.3 Å². The molecule has 0 radical (unpaired) electrons. The number of esters is 1. The zero-order valence-electron chi connectivity index (χ0n) is 12.7. The fourth-order valence-electron chi connectivity index (χ4n) is 2.15. The van der Waals surface area contributed by atoms with Crippen LogP contribution in [0.25, 0.3) is 0 Å². The number of hydrogen-bond donors (Lipinski definition) is 2. The van der Waals surface area contributed by atoms with Crippen LogP contribution in [0.2, 0.25) is 0 Å². The minimum atomic E-state index is -0.515. The summed E-state index contributed by atoms with van der Waals surface area (Å²) in [6.07, 6.45) is 2.28. The Morgan fingerprint density at radius 1 is 1.29 bits per heavy atom. The number of carbonyl (C=O) groups excluding carboxylic acids is 1. The third-order valence-electron chi connectivity index (χ3n) is 3.25.